The van der Waals surface area contributed by atoms with E-state index in [0.717, 1.165) is 38.5 Å². The molecule has 0 heterocycles. The van der Waals surface area contributed by atoms with Crippen molar-refractivity contribution in [2.75, 3.05) is 0 Å². The minimum atomic E-state index is -1.55. The third kappa shape index (κ3) is 22.0. The van der Waals surface area contributed by atoms with Crippen molar-refractivity contribution in [3.63, 3.8) is 0 Å². The summed E-state index contributed by atoms with van der Waals surface area (Å²) < 4.78 is 0. The molecular weight excluding hydrogens is 380 g/mol. The van der Waals surface area contributed by atoms with Crippen molar-refractivity contribution in [3.05, 3.63) is 12.2 Å². The molecule has 0 radical (unpaired) electrons. The first-order chi connectivity index (χ1) is 14.0. The quantitative estimate of drug-likeness (QED) is 0.343. The van der Waals surface area contributed by atoms with Gasteiger partial charge in [-0.05, 0) is 12.2 Å². The van der Waals surface area contributed by atoms with E-state index in [1.54, 1.807) is 0 Å². The first-order valence-corrected chi connectivity index (χ1v) is 10.7. The number of carboxylic acid groups (broad SMARTS) is 2. The Balaban J connectivity index is -0.000000370. The lowest BCUT2D eigenvalue weighted by Gasteiger charge is -2.22. The van der Waals surface area contributed by atoms with E-state index in [1.165, 1.54) is 25.7 Å². The summed E-state index contributed by atoms with van der Waals surface area (Å²) in [6.45, 7) is 8.75. The minimum absolute atomic E-state index is 0.165. The fraction of sp³-hybridized carbons (Fsp3) is 0.667. The summed E-state index contributed by atoms with van der Waals surface area (Å²) in [6.07, 6.45) is 22.4. The van der Waals surface area contributed by atoms with Gasteiger partial charge in [0, 0.05) is 25.7 Å². The maximum absolute atomic E-state index is 9.41. The molecule has 0 saturated heterocycles. The zero-order valence-corrected chi connectivity index (χ0v) is 19.4. The van der Waals surface area contributed by atoms with E-state index < -0.39 is 11.9 Å². The molecule has 30 heavy (non-hydrogen) atoms. The third-order valence-electron chi connectivity index (χ3n) is 4.43. The molecule has 0 spiro atoms. The summed E-state index contributed by atoms with van der Waals surface area (Å²) in [4.78, 5) is 18.8. The largest absolute Gasteiger partial charge is 0.545 e. The molecule has 6 nitrogen and oxygen atoms in total. The Morgan fingerprint density at radius 3 is 1.10 bits per heavy atom. The minimum Gasteiger partial charge on any atom is -0.545 e. The van der Waals surface area contributed by atoms with Gasteiger partial charge in [-0.1, -0.05) is 53.4 Å². The lowest BCUT2D eigenvalue weighted by molar-refractivity contribution is -0.480. The van der Waals surface area contributed by atoms with Crippen LogP contribution in [0.15, 0.2) is 12.2 Å². The summed E-state index contributed by atoms with van der Waals surface area (Å²) in [5.74, 6) is 2.34. The number of hydrogen-bond acceptors (Lipinski definition) is 4. The Kier molecular flexibility index (Phi) is 21.6. The number of quaternary nitrogens is 2. The molecule has 0 saturated carbocycles. The van der Waals surface area contributed by atoms with Crippen LogP contribution in [0, 0.1) is 24.7 Å². The van der Waals surface area contributed by atoms with Crippen LogP contribution in [-0.4, -0.2) is 23.0 Å². The highest BCUT2D eigenvalue weighted by Gasteiger charge is 2.26. The van der Waals surface area contributed by atoms with Crippen LogP contribution in [0.2, 0.25) is 0 Å². The lowest BCUT2D eigenvalue weighted by Crippen LogP contribution is -2.72. The number of carboxylic acids is 2. The maximum atomic E-state index is 9.41. The molecule has 0 amide bonds. The molecule has 0 atom stereocenters. The Bertz CT molecular complexity index is 509. The monoisotopic (exact) mass is 422 g/mol. The standard InChI is InChI=1S/2C10H19N.C4H4O4/c2*1-4-7-10(11,8-5-2)9-6-3;5-3(6)1-2-4(7)8/h2*1H,5-9,11H2,2-3H3;1-2H,(H,5,6)(H,7,8)/b;;2-1-. The molecule has 0 aromatic carbocycles. The summed E-state index contributed by atoms with van der Waals surface area (Å²) in [5.41, 5.74) is 8.72. The topological polar surface area (TPSA) is 136 Å². The highest BCUT2D eigenvalue weighted by Crippen LogP contribution is 2.18. The number of aliphatic carboxylic acids is 2. The van der Waals surface area contributed by atoms with Crippen molar-refractivity contribution >= 4 is 11.9 Å². The van der Waals surface area contributed by atoms with Crippen LogP contribution in [-0.2, 0) is 9.59 Å². The first kappa shape index (κ1) is 32.4. The fourth-order valence-electron chi connectivity index (χ4n) is 3.29. The van der Waals surface area contributed by atoms with Crippen LogP contribution in [0.25, 0.3) is 0 Å². The molecule has 0 unspecified atom stereocenters. The molecule has 0 aromatic rings. The predicted molar refractivity (Wildman–Crippen MR) is 117 cm³/mol. The summed E-state index contributed by atoms with van der Waals surface area (Å²) >= 11 is 0. The van der Waals surface area contributed by atoms with Gasteiger partial charge < -0.3 is 31.3 Å². The lowest BCUT2D eigenvalue weighted by atomic mass is 9.87. The Hall–Kier alpha value is -2.28. The molecule has 0 bridgehead atoms. The van der Waals surface area contributed by atoms with Crippen molar-refractivity contribution in [2.45, 2.75) is 103 Å². The van der Waals surface area contributed by atoms with E-state index in [2.05, 4.69) is 51.0 Å². The highest BCUT2D eigenvalue weighted by molar-refractivity contribution is 5.87. The summed E-state index contributed by atoms with van der Waals surface area (Å²) in [6, 6.07) is 0. The van der Waals surface area contributed by atoms with Gasteiger partial charge in [-0.25, -0.2) is 0 Å². The molecule has 0 aliphatic heterocycles. The predicted octanol–water partition coefficient (Wildman–Crippen LogP) is 0.224. The molecule has 6 heteroatoms. The molecule has 0 aliphatic carbocycles. The number of hydrogen-bond donors (Lipinski definition) is 2. The van der Waals surface area contributed by atoms with Gasteiger partial charge in [0.1, 0.15) is 11.1 Å². The number of carbonyl (C=O) groups is 2. The fourth-order valence-corrected chi connectivity index (χ4v) is 3.29. The van der Waals surface area contributed by atoms with Crippen molar-refractivity contribution in [2.24, 2.45) is 0 Å². The highest BCUT2D eigenvalue weighted by atomic mass is 16.4. The van der Waals surface area contributed by atoms with Crippen LogP contribution in [0.4, 0.5) is 0 Å². The van der Waals surface area contributed by atoms with Gasteiger partial charge in [0.15, 0.2) is 0 Å². The Morgan fingerprint density at radius 2 is 0.967 bits per heavy atom. The van der Waals surface area contributed by atoms with Crippen LogP contribution in [0.3, 0.4) is 0 Å². The van der Waals surface area contributed by atoms with E-state index in [-0.39, 0.29) is 11.1 Å². The maximum Gasteiger partial charge on any atom is 0.106 e. The second kappa shape index (κ2) is 20.0. The van der Waals surface area contributed by atoms with Gasteiger partial charge >= 0.3 is 0 Å². The second-order valence-electron chi connectivity index (χ2n) is 7.73. The number of terminal acetylenes is 2. The van der Waals surface area contributed by atoms with Crippen molar-refractivity contribution in [3.8, 4) is 24.7 Å². The smallest absolute Gasteiger partial charge is 0.106 e. The van der Waals surface area contributed by atoms with Crippen LogP contribution in [0.5, 0.6) is 0 Å². The van der Waals surface area contributed by atoms with E-state index in [0.29, 0.717) is 12.2 Å². The van der Waals surface area contributed by atoms with Gasteiger partial charge in [0.05, 0.1) is 24.8 Å². The van der Waals surface area contributed by atoms with Crippen LogP contribution >= 0.6 is 0 Å². The van der Waals surface area contributed by atoms with Gasteiger partial charge in [0.2, 0.25) is 0 Å². The molecule has 0 fully saturated rings. The van der Waals surface area contributed by atoms with E-state index in [9.17, 15) is 19.8 Å². The Morgan fingerprint density at radius 1 is 0.733 bits per heavy atom. The third-order valence-corrected chi connectivity index (χ3v) is 4.43. The van der Waals surface area contributed by atoms with E-state index >= 15 is 0 Å². The zero-order valence-electron chi connectivity index (χ0n) is 19.4. The molecule has 172 valence electrons. The SMILES string of the molecule is C#CCC([NH3+])(CCC)CCC.C#CCC([NH3+])(CCC)CCC.O=C([O-])/C=C\C(=O)[O-]. The van der Waals surface area contributed by atoms with Crippen LogP contribution in [0.1, 0.15) is 91.9 Å². The first-order valence-electron chi connectivity index (χ1n) is 10.7. The normalized spacial score (nSPS) is 10.7. The molecule has 0 aliphatic rings. The average molecular weight is 423 g/mol. The zero-order chi connectivity index (χ0) is 24.1. The van der Waals surface area contributed by atoms with E-state index in [4.69, 9.17) is 12.8 Å². The van der Waals surface area contributed by atoms with Crippen molar-refractivity contribution in [1.82, 2.24) is 0 Å². The van der Waals surface area contributed by atoms with Gasteiger partial charge in [-0.15, -0.1) is 24.7 Å². The van der Waals surface area contributed by atoms with Gasteiger partial charge in [-0.2, -0.15) is 0 Å². The van der Waals surface area contributed by atoms with Crippen molar-refractivity contribution in [1.29, 1.82) is 0 Å². The van der Waals surface area contributed by atoms with Crippen LogP contribution < -0.4 is 21.7 Å². The summed E-state index contributed by atoms with van der Waals surface area (Å²) in [5, 5.41) is 18.8. The van der Waals surface area contributed by atoms with Gasteiger partial charge in [-0.3, -0.25) is 0 Å². The molecule has 0 aromatic heterocycles. The molecule has 0 rings (SSSR count). The molecular formula is C24H42N2O4. The average Bonchev–Trinajstić information content (AvgIpc) is 2.62. The van der Waals surface area contributed by atoms with Crippen molar-refractivity contribution < 1.29 is 31.3 Å². The Labute approximate surface area is 183 Å². The number of carbonyl (C=O) groups excluding carboxylic acids is 2. The van der Waals surface area contributed by atoms with Gasteiger partial charge in [0.25, 0.3) is 0 Å². The van der Waals surface area contributed by atoms with E-state index in [1.807, 2.05) is 0 Å². The molecule has 6 N–H and O–H groups in total. The second-order valence-corrected chi connectivity index (χ2v) is 7.73. The summed E-state index contributed by atoms with van der Waals surface area (Å²) in [7, 11) is 0. The number of rotatable bonds is 12.